The van der Waals surface area contributed by atoms with Gasteiger partial charge >= 0.3 is 0 Å². The van der Waals surface area contributed by atoms with Gasteiger partial charge in [0.25, 0.3) is 0 Å². The smallest absolute Gasteiger partial charge is 0.178 e. The van der Waals surface area contributed by atoms with Crippen molar-refractivity contribution < 1.29 is 8.91 Å². The maximum absolute atomic E-state index is 11.1. The lowest BCUT2D eigenvalue weighted by Crippen LogP contribution is -1.87. The first kappa shape index (κ1) is 4.89. The van der Waals surface area contributed by atoms with E-state index < -0.39 is 6.85 Å². The van der Waals surface area contributed by atoms with Gasteiger partial charge in [-0.15, -0.1) is 0 Å². The molecule has 1 heteroatoms. The number of carbonyl (C=O) groups is 1. The third-order valence-electron chi connectivity index (χ3n) is 0.790. The molecule has 0 fully saturated rings. The van der Waals surface area contributed by atoms with Gasteiger partial charge in [0.15, 0.2) is 5.78 Å². The third kappa shape index (κ3) is 5.29. The average Bonchev–Trinajstić information content (AvgIpc) is 1.82. The average molecular weight is 141 g/mol. The van der Waals surface area contributed by atoms with Crippen LogP contribution in [0.4, 0.5) is 0 Å². The molecule has 0 aromatic carbocycles. The van der Waals surface area contributed by atoms with E-state index in [1.807, 2.05) is 0 Å². The molecule has 56 valence electrons. The number of ketones is 1. The van der Waals surface area contributed by atoms with Crippen LogP contribution in [0, 0.1) is 0 Å². The van der Waals surface area contributed by atoms with Gasteiger partial charge in [0.1, 0.15) is 0 Å². The van der Waals surface area contributed by atoms with Crippen molar-refractivity contribution >= 4 is 5.78 Å². The Kier molecular flexibility index (Phi) is 1.98. The molecule has 0 N–H and O–H groups in total. The van der Waals surface area contributed by atoms with Gasteiger partial charge < -0.3 is 0 Å². The molecule has 0 bridgehead atoms. The first-order chi connectivity index (χ1) is 5.73. The van der Waals surface area contributed by atoms with Crippen molar-refractivity contribution in [2.75, 3.05) is 0 Å². The zero-order chi connectivity index (χ0) is 10.6. The Balaban J connectivity index is 4.60. The molecule has 0 rings (SSSR count). The van der Waals surface area contributed by atoms with Crippen LogP contribution >= 0.6 is 0 Å². The molecule has 0 saturated heterocycles. The van der Waals surface area contributed by atoms with Gasteiger partial charge in [-0.25, -0.2) is 0 Å². The summed E-state index contributed by atoms with van der Waals surface area (Å²) in [5.74, 6) is -0.270. The van der Waals surface area contributed by atoms with Crippen molar-refractivity contribution in [3.05, 3.63) is 23.3 Å². The molecule has 0 unspecified atom stereocenters. The lowest BCUT2D eigenvalue weighted by Gasteiger charge is -1.87. The molecule has 0 amide bonds. The van der Waals surface area contributed by atoms with Crippen LogP contribution in [-0.2, 0) is 4.79 Å². The summed E-state index contributed by atoms with van der Waals surface area (Å²) in [6.45, 7) is 2.85. The first-order valence-electron chi connectivity index (χ1n) is 4.61. The van der Waals surface area contributed by atoms with Crippen molar-refractivity contribution in [1.82, 2.24) is 0 Å². The summed E-state index contributed by atoms with van der Waals surface area (Å²) in [6, 6.07) is 0. The second kappa shape index (κ2) is 4.04. The molecular weight excluding hydrogens is 124 g/mol. The zero-order valence-electron chi connectivity index (χ0n) is 9.56. The predicted molar refractivity (Wildman–Crippen MR) is 43.9 cm³/mol. The van der Waals surface area contributed by atoms with Gasteiger partial charge in [0, 0.05) is 4.11 Å². The van der Waals surface area contributed by atoms with Crippen LogP contribution < -0.4 is 0 Å². The Morgan fingerprint density at radius 1 is 1.20 bits per heavy atom. The number of hydrogen-bond donors (Lipinski definition) is 0. The van der Waals surface area contributed by atoms with Gasteiger partial charge in [0.2, 0.25) is 0 Å². The van der Waals surface area contributed by atoms with Crippen molar-refractivity contribution in [3.63, 3.8) is 0 Å². The summed E-state index contributed by atoms with van der Waals surface area (Å²) in [6.07, 6.45) is 2.56. The second-order valence-corrected chi connectivity index (χ2v) is 2.45. The molecule has 10 heavy (non-hydrogen) atoms. The van der Waals surface area contributed by atoms with E-state index in [-0.39, 0.29) is 11.4 Å². The number of carbonyl (C=O) groups excluding carboxylic acids is 1. The molecule has 0 radical (unpaired) electrons. The van der Waals surface area contributed by atoms with Crippen molar-refractivity contribution in [1.29, 1.82) is 0 Å². The van der Waals surface area contributed by atoms with E-state index in [2.05, 4.69) is 0 Å². The summed E-state index contributed by atoms with van der Waals surface area (Å²) in [5, 5.41) is 0. The highest BCUT2D eigenvalue weighted by Crippen LogP contribution is 1.94. The quantitative estimate of drug-likeness (QED) is 0.540. The first-order valence-corrected chi connectivity index (χ1v) is 3.11. The number of hydrogen-bond acceptors (Lipinski definition) is 1. The Bertz CT molecular complexity index is 255. The fourth-order valence-corrected chi connectivity index (χ4v) is 0.540. The molecule has 0 aromatic rings. The Morgan fingerprint density at radius 2 is 1.70 bits per heavy atom. The molecule has 0 saturated carbocycles. The monoisotopic (exact) mass is 141 g/mol. The molecule has 0 heterocycles. The number of allylic oxidation sites excluding steroid dienone is 4. The fourth-order valence-electron chi connectivity index (χ4n) is 0.540. The molecule has 0 aliphatic rings. The maximum Gasteiger partial charge on any atom is 0.178 e. The molecule has 0 aromatic heterocycles. The third-order valence-corrected chi connectivity index (χ3v) is 0.790. The van der Waals surface area contributed by atoms with Crippen LogP contribution in [0.2, 0.25) is 0 Å². The SMILES string of the molecule is [2H]C([2H])([2H])/C(C)=C\C(=O)C=C(C)C. The van der Waals surface area contributed by atoms with Crippen LogP contribution in [0.15, 0.2) is 23.3 Å². The lowest BCUT2D eigenvalue weighted by molar-refractivity contribution is -0.110. The summed E-state index contributed by atoms with van der Waals surface area (Å²) >= 11 is 0. The molecular formula is C9H14O. The van der Waals surface area contributed by atoms with Crippen LogP contribution in [0.5, 0.6) is 0 Å². The normalized spacial score (nSPS) is 16.7. The summed E-state index contributed by atoms with van der Waals surface area (Å²) in [4.78, 5) is 11.1. The Hall–Kier alpha value is -0.850. The minimum absolute atomic E-state index is 0.120. The summed E-state index contributed by atoms with van der Waals surface area (Å²) in [7, 11) is 0. The van der Waals surface area contributed by atoms with Gasteiger partial charge in [-0.3, -0.25) is 4.79 Å². The summed E-state index contributed by atoms with van der Waals surface area (Å²) < 4.78 is 21.0. The Morgan fingerprint density at radius 3 is 2.10 bits per heavy atom. The van der Waals surface area contributed by atoms with Crippen molar-refractivity contribution in [2.45, 2.75) is 27.6 Å². The summed E-state index contributed by atoms with van der Waals surface area (Å²) in [5.41, 5.74) is 0.981. The van der Waals surface area contributed by atoms with Crippen LogP contribution in [0.3, 0.4) is 0 Å². The van der Waals surface area contributed by atoms with Crippen LogP contribution in [0.1, 0.15) is 31.7 Å². The van der Waals surface area contributed by atoms with E-state index in [1.54, 1.807) is 13.8 Å². The largest absolute Gasteiger partial charge is 0.290 e. The van der Waals surface area contributed by atoms with Gasteiger partial charge in [-0.2, -0.15) is 0 Å². The van der Waals surface area contributed by atoms with Crippen LogP contribution in [-0.4, -0.2) is 5.78 Å². The molecule has 0 atom stereocenters. The maximum atomic E-state index is 11.1. The second-order valence-electron chi connectivity index (χ2n) is 2.45. The van der Waals surface area contributed by atoms with Crippen LogP contribution in [0.25, 0.3) is 0 Å². The van der Waals surface area contributed by atoms with E-state index in [0.29, 0.717) is 0 Å². The molecule has 0 spiro atoms. The lowest BCUT2D eigenvalue weighted by atomic mass is 10.2. The topological polar surface area (TPSA) is 17.1 Å². The van der Waals surface area contributed by atoms with E-state index in [9.17, 15) is 4.79 Å². The zero-order valence-corrected chi connectivity index (χ0v) is 6.56. The van der Waals surface area contributed by atoms with E-state index in [1.165, 1.54) is 13.0 Å². The molecule has 0 aliphatic carbocycles. The highest BCUT2D eigenvalue weighted by atomic mass is 16.1. The van der Waals surface area contributed by atoms with E-state index in [0.717, 1.165) is 11.6 Å². The number of rotatable bonds is 2. The standard InChI is InChI=1S/C9H14O/c1-7(2)5-9(10)6-8(3)4/h5-6H,1-4H3/i1D3/b7-5+. The fraction of sp³-hybridized carbons (Fsp3) is 0.444. The molecule has 1 nitrogen and oxygen atoms in total. The van der Waals surface area contributed by atoms with E-state index in [4.69, 9.17) is 4.11 Å². The minimum Gasteiger partial charge on any atom is -0.290 e. The van der Waals surface area contributed by atoms with Crippen molar-refractivity contribution in [2.24, 2.45) is 0 Å². The highest BCUT2D eigenvalue weighted by Gasteiger charge is 1.89. The van der Waals surface area contributed by atoms with Crippen molar-refractivity contribution in [3.8, 4) is 0 Å². The minimum atomic E-state index is -2.16. The Labute approximate surface area is 66.7 Å². The highest BCUT2D eigenvalue weighted by molar-refractivity contribution is 5.99. The van der Waals surface area contributed by atoms with Gasteiger partial charge in [-0.05, 0) is 39.8 Å². The molecule has 0 aliphatic heterocycles. The van der Waals surface area contributed by atoms with E-state index >= 15 is 0 Å². The predicted octanol–water partition coefficient (Wildman–Crippen LogP) is 2.49. The van der Waals surface area contributed by atoms with Gasteiger partial charge in [0.05, 0.1) is 0 Å². The van der Waals surface area contributed by atoms with Gasteiger partial charge in [-0.1, -0.05) is 11.1 Å².